The quantitative estimate of drug-likeness (QED) is 0.781. The van der Waals surface area contributed by atoms with E-state index in [9.17, 15) is 8.42 Å². The lowest BCUT2D eigenvalue weighted by atomic mass is 10.3. The molecule has 0 aromatic carbocycles. The molecule has 2 aromatic rings. The molecule has 0 aliphatic carbocycles. The molecular formula is C11H15ClN4O3S. The summed E-state index contributed by atoms with van der Waals surface area (Å²) in [5.41, 5.74) is 0.814. The standard InChI is InChI=1S/C11H15ClN4O3S/c1-4-5-10-13-9(15-19-10)6-16-8(3)11(7(2)14-16)20(12,17)18/h4-6H2,1-3H3. The summed E-state index contributed by atoms with van der Waals surface area (Å²) in [4.78, 5) is 4.25. The van der Waals surface area contributed by atoms with E-state index in [0.717, 1.165) is 6.42 Å². The van der Waals surface area contributed by atoms with Crippen LogP contribution >= 0.6 is 10.7 Å². The van der Waals surface area contributed by atoms with E-state index in [0.29, 0.717) is 29.5 Å². The lowest BCUT2D eigenvalue weighted by molar-refractivity contribution is 0.370. The van der Waals surface area contributed by atoms with Gasteiger partial charge in [-0.3, -0.25) is 4.68 Å². The van der Waals surface area contributed by atoms with Crippen LogP contribution in [-0.2, 0) is 22.0 Å². The van der Waals surface area contributed by atoms with E-state index >= 15 is 0 Å². The number of hydrogen-bond donors (Lipinski definition) is 0. The summed E-state index contributed by atoms with van der Waals surface area (Å²) in [6, 6.07) is 0. The molecule has 0 radical (unpaired) electrons. The lowest BCUT2D eigenvalue weighted by Gasteiger charge is -2.00. The van der Waals surface area contributed by atoms with Gasteiger partial charge in [-0.2, -0.15) is 10.1 Å². The van der Waals surface area contributed by atoms with Crippen molar-refractivity contribution >= 4 is 19.7 Å². The monoisotopic (exact) mass is 318 g/mol. The van der Waals surface area contributed by atoms with E-state index < -0.39 is 9.05 Å². The second-order valence-electron chi connectivity index (χ2n) is 4.45. The van der Waals surface area contributed by atoms with Gasteiger partial charge in [0.2, 0.25) is 5.89 Å². The molecule has 0 N–H and O–H groups in total. The van der Waals surface area contributed by atoms with Crippen molar-refractivity contribution in [3.05, 3.63) is 23.1 Å². The molecule has 0 spiro atoms. The van der Waals surface area contributed by atoms with E-state index in [4.69, 9.17) is 15.2 Å². The van der Waals surface area contributed by atoms with Gasteiger partial charge in [-0.15, -0.1) is 0 Å². The largest absolute Gasteiger partial charge is 0.339 e. The molecule has 7 nitrogen and oxygen atoms in total. The predicted octanol–water partition coefficient (Wildman–Crippen LogP) is 1.81. The van der Waals surface area contributed by atoms with Crippen LogP contribution in [0.1, 0.15) is 36.4 Å². The molecule has 0 bridgehead atoms. The van der Waals surface area contributed by atoms with Gasteiger partial charge >= 0.3 is 0 Å². The van der Waals surface area contributed by atoms with Gasteiger partial charge < -0.3 is 4.52 Å². The topological polar surface area (TPSA) is 90.9 Å². The van der Waals surface area contributed by atoms with Gasteiger partial charge in [0.15, 0.2) is 5.82 Å². The van der Waals surface area contributed by atoms with Crippen LogP contribution < -0.4 is 0 Å². The van der Waals surface area contributed by atoms with Crippen LogP contribution in [0.2, 0.25) is 0 Å². The zero-order valence-electron chi connectivity index (χ0n) is 11.4. The first kappa shape index (κ1) is 15.0. The number of aryl methyl sites for hydroxylation is 2. The minimum Gasteiger partial charge on any atom is -0.339 e. The van der Waals surface area contributed by atoms with Crippen molar-refractivity contribution in [3.63, 3.8) is 0 Å². The van der Waals surface area contributed by atoms with Crippen LogP contribution in [0, 0.1) is 13.8 Å². The number of rotatable bonds is 5. The fourth-order valence-corrected chi connectivity index (χ4v) is 3.51. The first-order chi connectivity index (χ1) is 9.32. The summed E-state index contributed by atoms with van der Waals surface area (Å²) in [7, 11) is 1.59. The molecule has 2 rings (SSSR count). The SMILES string of the molecule is CCCc1nc(Cn2nc(C)c(S(=O)(=O)Cl)c2C)no1. The number of hydrogen-bond acceptors (Lipinski definition) is 6. The Morgan fingerprint density at radius 1 is 1.35 bits per heavy atom. The van der Waals surface area contributed by atoms with Crippen LogP contribution in [-0.4, -0.2) is 28.3 Å². The van der Waals surface area contributed by atoms with E-state index in [2.05, 4.69) is 15.2 Å². The fourth-order valence-electron chi connectivity index (χ4n) is 1.99. The third-order valence-corrected chi connectivity index (χ3v) is 4.37. The molecule has 0 unspecified atom stereocenters. The second kappa shape index (κ2) is 5.53. The number of halogens is 1. The Morgan fingerprint density at radius 3 is 2.60 bits per heavy atom. The van der Waals surface area contributed by atoms with Crippen molar-refractivity contribution < 1.29 is 12.9 Å². The highest BCUT2D eigenvalue weighted by Gasteiger charge is 2.23. The van der Waals surface area contributed by atoms with E-state index in [1.165, 1.54) is 4.68 Å². The maximum Gasteiger partial charge on any atom is 0.264 e. The van der Waals surface area contributed by atoms with Gasteiger partial charge in [0, 0.05) is 17.1 Å². The Bertz CT molecular complexity index is 720. The van der Waals surface area contributed by atoms with Gasteiger partial charge in [0.1, 0.15) is 11.4 Å². The van der Waals surface area contributed by atoms with Crippen LogP contribution in [0.4, 0.5) is 0 Å². The molecule has 20 heavy (non-hydrogen) atoms. The Balaban J connectivity index is 2.30. The van der Waals surface area contributed by atoms with Crippen molar-refractivity contribution in [2.75, 3.05) is 0 Å². The molecule has 110 valence electrons. The Labute approximate surface area is 121 Å². The Kier molecular flexibility index (Phi) is 4.14. The van der Waals surface area contributed by atoms with E-state index in [1.807, 2.05) is 6.92 Å². The molecule has 9 heteroatoms. The Hall–Kier alpha value is -1.41. The van der Waals surface area contributed by atoms with Gasteiger partial charge in [-0.05, 0) is 20.3 Å². The summed E-state index contributed by atoms with van der Waals surface area (Å²) in [6.45, 7) is 5.49. The maximum atomic E-state index is 11.5. The summed E-state index contributed by atoms with van der Waals surface area (Å²) >= 11 is 0. The smallest absolute Gasteiger partial charge is 0.264 e. The zero-order chi connectivity index (χ0) is 14.9. The molecule has 0 aliphatic heterocycles. The first-order valence-corrected chi connectivity index (χ1v) is 8.44. The van der Waals surface area contributed by atoms with E-state index in [-0.39, 0.29) is 11.4 Å². The molecule has 0 aliphatic rings. The normalized spacial score (nSPS) is 12.0. The third kappa shape index (κ3) is 3.01. The highest BCUT2D eigenvalue weighted by atomic mass is 35.7. The van der Waals surface area contributed by atoms with Crippen molar-refractivity contribution in [3.8, 4) is 0 Å². The fraction of sp³-hybridized carbons (Fsp3) is 0.545. The van der Waals surface area contributed by atoms with Crippen molar-refractivity contribution in [2.24, 2.45) is 0 Å². The number of aromatic nitrogens is 4. The minimum atomic E-state index is -3.81. The van der Waals surface area contributed by atoms with Crippen molar-refractivity contribution in [2.45, 2.75) is 45.1 Å². The number of nitrogens with zero attached hydrogens (tertiary/aromatic N) is 4. The van der Waals surface area contributed by atoms with Gasteiger partial charge in [0.25, 0.3) is 9.05 Å². The predicted molar refractivity (Wildman–Crippen MR) is 72.1 cm³/mol. The van der Waals surface area contributed by atoms with Crippen LogP contribution in [0.5, 0.6) is 0 Å². The van der Waals surface area contributed by atoms with Crippen molar-refractivity contribution in [1.29, 1.82) is 0 Å². The summed E-state index contributed by atoms with van der Waals surface area (Å²) in [5.74, 6) is 1.02. The average molecular weight is 319 g/mol. The highest BCUT2D eigenvalue weighted by Crippen LogP contribution is 2.23. The van der Waals surface area contributed by atoms with E-state index in [1.54, 1.807) is 13.8 Å². The van der Waals surface area contributed by atoms with Gasteiger partial charge in [0.05, 0.1) is 11.4 Å². The molecular weight excluding hydrogens is 304 g/mol. The summed E-state index contributed by atoms with van der Waals surface area (Å²) in [6.07, 6.45) is 1.63. The molecule has 0 amide bonds. The molecule has 0 saturated carbocycles. The molecule has 2 heterocycles. The lowest BCUT2D eigenvalue weighted by Crippen LogP contribution is -2.06. The van der Waals surface area contributed by atoms with Crippen LogP contribution in [0.15, 0.2) is 9.42 Å². The molecule has 2 aromatic heterocycles. The minimum absolute atomic E-state index is 0.0384. The summed E-state index contributed by atoms with van der Waals surface area (Å²) < 4.78 is 29.6. The molecule has 0 saturated heterocycles. The zero-order valence-corrected chi connectivity index (χ0v) is 13.0. The van der Waals surface area contributed by atoms with Crippen LogP contribution in [0.25, 0.3) is 0 Å². The summed E-state index contributed by atoms with van der Waals surface area (Å²) in [5, 5.41) is 8.00. The average Bonchev–Trinajstić information content (AvgIpc) is 2.85. The third-order valence-electron chi connectivity index (χ3n) is 2.82. The van der Waals surface area contributed by atoms with Crippen molar-refractivity contribution in [1.82, 2.24) is 19.9 Å². The van der Waals surface area contributed by atoms with Gasteiger partial charge in [-0.1, -0.05) is 12.1 Å². The maximum absolute atomic E-state index is 11.5. The Morgan fingerprint density at radius 2 is 2.05 bits per heavy atom. The highest BCUT2D eigenvalue weighted by molar-refractivity contribution is 8.13. The molecule has 0 atom stereocenters. The molecule has 0 fully saturated rings. The van der Waals surface area contributed by atoms with Gasteiger partial charge in [-0.25, -0.2) is 8.42 Å². The second-order valence-corrected chi connectivity index (χ2v) is 6.95. The first-order valence-electron chi connectivity index (χ1n) is 6.13. The van der Waals surface area contributed by atoms with Crippen LogP contribution in [0.3, 0.4) is 0 Å².